The molecule has 0 radical (unpaired) electrons. The summed E-state index contributed by atoms with van der Waals surface area (Å²) in [4.78, 5) is 0. The Labute approximate surface area is 180 Å². The molecule has 0 bridgehead atoms. The Balaban J connectivity index is 2.35. The molecule has 30 heavy (non-hydrogen) atoms. The predicted molar refractivity (Wildman–Crippen MR) is 126 cm³/mol. The van der Waals surface area contributed by atoms with Crippen molar-refractivity contribution in [3.8, 4) is 29.6 Å². The number of rotatable bonds is 6. The molecule has 0 unspecified atom stereocenters. The molecule has 0 saturated heterocycles. The van der Waals surface area contributed by atoms with Crippen LogP contribution in [0.15, 0.2) is 72.8 Å². The summed E-state index contributed by atoms with van der Waals surface area (Å²) in [6.07, 6.45) is 5.63. The lowest BCUT2D eigenvalue weighted by Gasteiger charge is -2.43. The third-order valence-corrected chi connectivity index (χ3v) is 10.2. The van der Waals surface area contributed by atoms with E-state index in [4.69, 9.17) is 20.3 Å². The van der Waals surface area contributed by atoms with E-state index in [1.807, 2.05) is 24.3 Å². The Morgan fingerprint density at radius 1 is 0.767 bits per heavy atom. The van der Waals surface area contributed by atoms with Crippen LogP contribution in [0.3, 0.4) is 0 Å². The lowest BCUT2D eigenvalue weighted by atomic mass is 10.2. The molecule has 0 amide bonds. The van der Waals surface area contributed by atoms with Gasteiger partial charge in [-0.1, -0.05) is 87.4 Å². The van der Waals surface area contributed by atoms with Gasteiger partial charge in [0.25, 0.3) is 0 Å². The van der Waals surface area contributed by atoms with Crippen LogP contribution >= 0.6 is 0 Å². The fraction of sp³-hybridized carbons (Fsp3) is 0.231. The van der Waals surface area contributed by atoms with E-state index in [2.05, 4.69) is 75.2 Å². The second-order valence-corrected chi connectivity index (χ2v) is 12.3. The van der Waals surface area contributed by atoms with Gasteiger partial charge in [0.05, 0.1) is 14.2 Å². The maximum absolute atomic E-state index is 7.10. The molecule has 3 nitrogen and oxygen atoms in total. The number of ether oxygens (including phenoxy) is 2. The zero-order chi connectivity index (χ0) is 21.8. The number of terminal acetylenes is 1. The predicted octanol–water partition coefficient (Wildman–Crippen LogP) is 4.62. The highest BCUT2D eigenvalue weighted by Crippen LogP contribution is 2.44. The van der Waals surface area contributed by atoms with Gasteiger partial charge >= 0.3 is 8.32 Å². The van der Waals surface area contributed by atoms with Crippen molar-refractivity contribution in [2.75, 3.05) is 14.2 Å². The number of methoxy groups -OCH3 is 2. The molecule has 4 heteroatoms. The van der Waals surface area contributed by atoms with Crippen LogP contribution in [0.25, 0.3) is 0 Å². The number of benzene rings is 3. The Kier molecular flexibility index (Phi) is 6.24. The molecule has 0 aliphatic heterocycles. The Morgan fingerprint density at radius 2 is 1.20 bits per heavy atom. The lowest BCUT2D eigenvalue weighted by Crippen LogP contribution is -2.68. The minimum absolute atomic E-state index is 0.184. The highest BCUT2D eigenvalue weighted by Gasteiger charge is 2.52. The normalized spacial score (nSPS) is 11.5. The van der Waals surface area contributed by atoms with Crippen molar-refractivity contribution >= 4 is 18.7 Å². The van der Waals surface area contributed by atoms with Gasteiger partial charge in [-0.3, -0.25) is 0 Å². The standard InChI is InChI=1S/C26H28O3Si/c1-7-20-18-23(27-5)25(24(19-20)28-6)29-30(26(2,3)4,21-14-10-8-11-15-21)22-16-12-9-13-17-22/h1,8-19H,2-6H3. The summed E-state index contributed by atoms with van der Waals surface area (Å²) in [6.45, 7) is 6.69. The van der Waals surface area contributed by atoms with Gasteiger partial charge in [-0.2, -0.15) is 0 Å². The maximum Gasteiger partial charge on any atom is 0.320 e. The molecule has 0 spiro atoms. The minimum atomic E-state index is -2.82. The average Bonchev–Trinajstić information content (AvgIpc) is 2.77. The van der Waals surface area contributed by atoms with Crippen molar-refractivity contribution in [1.29, 1.82) is 0 Å². The van der Waals surface area contributed by atoms with Crippen LogP contribution < -0.4 is 24.3 Å². The SMILES string of the molecule is C#Cc1cc(OC)c(O[Si](c2ccccc2)(c2ccccc2)C(C)(C)C)c(OC)c1. The summed E-state index contributed by atoms with van der Waals surface area (Å²) >= 11 is 0. The summed E-state index contributed by atoms with van der Waals surface area (Å²) in [5.41, 5.74) is 0.679. The summed E-state index contributed by atoms with van der Waals surface area (Å²) in [6, 6.07) is 24.5. The zero-order valence-electron chi connectivity index (χ0n) is 18.2. The highest BCUT2D eigenvalue weighted by molar-refractivity contribution is 7.00. The first-order valence-electron chi connectivity index (χ1n) is 9.90. The van der Waals surface area contributed by atoms with E-state index in [-0.39, 0.29) is 5.04 Å². The summed E-state index contributed by atoms with van der Waals surface area (Å²) < 4.78 is 18.5. The van der Waals surface area contributed by atoms with Crippen LogP contribution in [-0.4, -0.2) is 22.5 Å². The van der Waals surface area contributed by atoms with Crippen LogP contribution in [0, 0.1) is 12.3 Å². The van der Waals surface area contributed by atoms with Gasteiger partial charge in [-0.05, 0) is 27.5 Å². The molecule has 3 aromatic rings. The molecule has 0 saturated carbocycles. The molecule has 0 heterocycles. The molecule has 0 aliphatic rings. The van der Waals surface area contributed by atoms with Gasteiger partial charge in [0.2, 0.25) is 0 Å². The van der Waals surface area contributed by atoms with Gasteiger partial charge in [-0.15, -0.1) is 6.42 Å². The first-order valence-corrected chi connectivity index (χ1v) is 11.8. The van der Waals surface area contributed by atoms with E-state index in [0.717, 1.165) is 0 Å². The van der Waals surface area contributed by atoms with E-state index in [1.165, 1.54) is 10.4 Å². The van der Waals surface area contributed by atoms with Crippen LogP contribution in [0.4, 0.5) is 0 Å². The molecule has 0 aliphatic carbocycles. The molecule has 0 fully saturated rings. The topological polar surface area (TPSA) is 27.7 Å². The zero-order valence-corrected chi connectivity index (χ0v) is 19.2. The van der Waals surface area contributed by atoms with E-state index in [9.17, 15) is 0 Å². The van der Waals surface area contributed by atoms with Gasteiger partial charge in [0.1, 0.15) is 0 Å². The van der Waals surface area contributed by atoms with E-state index in [1.54, 1.807) is 14.2 Å². The Morgan fingerprint density at radius 3 is 1.53 bits per heavy atom. The maximum atomic E-state index is 7.10. The quantitative estimate of drug-likeness (QED) is 0.433. The Hall–Kier alpha value is -3.16. The summed E-state index contributed by atoms with van der Waals surface area (Å²) in [5.74, 6) is 4.36. The first-order chi connectivity index (χ1) is 14.4. The van der Waals surface area contributed by atoms with Gasteiger partial charge in [0.15, 0.2) is 17.2 Å². The largest absolute Gasteiger partial charge is 0.529 e. The van der Waals surface area contributed by atoms with Crippen molar-refractivity contribution in [3.05, 3.63) is 78.4 Å². The highest BCUT2D eigenvalue weighted by atomic mass is 28.4. The minimum Gasteiger partial charge on any atom is -0.529 e. The fourth-order valence-electron chi connectivity index (χ4n) is 3.87. The second-order valence-electron chi connectivity index (χ2n) is 8.12. The molecule has 3 rings (SSSR count). The summed E-state index contributed by atoms with van der Waals surface area (Å²) in [7, 11) is 0.412. The van der Waals surface area contributed by atoms with Gasteiger partial charge < -0.3 is 13.9 Å². The monoisotopic (exact) mass is 416 g/mol. The molecule has 3 aromatic carbocycles. The molecular weight excluding hydrogens is 388 g/mol. The smallest absolute Gasteiger partial charge is 0.320 e. The number of hydrogen-bond donors (Lipinski definition) is 0. The third kappa shape index (κ3) is 3.81. The van der Waals surface area contributed by atoms with Crippen molar-refractivity contribution in [2.45, 2.75) is 25.8 Å². The molecule has 0 atom stereocenters. The summed E-state index contributed by atoms with van der Waals surface area (Å²) in [5, 5.41) is 2.17. The van der Waals surface area contributed by atoms with Gasteiger partial charge in [-0.25, -0.2) is 0 Å². The van der Waals surface area contributed by atoms with E-state index >= 15 is 0 Å². The Bertz CT molecular complexity index is 967. The van der Waals surface area contributed by atoms with Crippen molar-refractivity contribution < 1.29 is 13.9 Å². The van der Waals surface area contributed by atoms with Crippen molar-refractivity contribution in [3.63, 3.8) is 0 Å². The van der Waals surface area contributed by atoms with E-state index < -0.39 is 8.32 Å². The van der Waals surface area contributed by atoms with Gasteiger partial charge in [0, 0.05) is 5.56 Å². The van der Waals surface area contributed by atoms with Crippen molar-refractivity contribution in [2.24, 2.45) is 0 Å². The fourth-order valence-corrected chi connectivity index (χ4v) is 8.30. The molecule has 0 aromatic heterocycles. The molecular formula is C26H28O3Si. The van der Waals surface area contributed by atoms with Crippen LogP contribution in [-0.2, 0) is 0 Å². The number of hydrogen-bond acceptors (Lipinski definition) is 3. The molecule has 154 valence electrons. The van der Waals surface area contributed by atoms with Crippen LogP contribution in [0.1, 0.15) is 26.3 Å². The van der Waals surface area contributed by atoms with Crippen LogP contribution in [0.2, 0.25) is 5.04 Å². The van der Waals surface area contributed by atoms with Crippen LogP contribution in [0.5, 0.6) is 17.2 Å². The van der Waals surface area contributed by atoms with E-state index in [0.29, 0.717) is 22.8 Å². The lowest BCUT2D eigenvalue weighted by molar-refractivity contribution is 0.357. The average molecular weight is 417 g/mol. The molecule has 0 N–H and O–H groups in total. The first kappa shape index (κ1) is 21.5. The second kappa shape index (κ2) is 8.69. The third-order valence-electron chi connectivity index (χ3n) is 5.30. The van der Waals surface area contributed by atoms with Crippen molar-refractivity contribution in [1.82, 2.24) is 0 Å².